The lowest BCUT2D eigenvalue weighted by Gasteiger charge is -2.09. The molecule has 0 spiro atoms. The molecule has 0 radical (unpaired) electrons. The lowest BCUT2D eigenvalue weighted by molar-refractivity contribution is 0.0806. The number of amidine groups is 1. The Bertz CT molecular complexity index is 433. The molecule has 0 aromatic carbocycles. The van der Waals surface area contributed by atoms with Crippen molar-refractivity contribution in [1.82, 2.24) is 4.98 Å². The quantitative estimate of drug-likeness (QED) is 0.257. The fourth-order valence-electron chi connectivity index (χ4n) is 1.44. The highest BCUT2D eigenvalue weighted by molar-refractivity contribution is 5.97. The summed E-state index contributed by atoms with van der Waals surface area (Å²) in [5, 5.41) is 11.6. The van der Waals surface area contributed by atoms with Crippen molar-refractivity contribution in [3.63, 3.8) is 0 Å². The van der Waals surface area contributed by atoms with Gasteiger partial charge in [0, 0.05) is 23.9 Å². The summed E-state index contributed by atoms with van der Waals surface area (Å²) in [6.07, 6.45) is 0. The number of aryl methyl sites for hydroxylation is 1. The van der Waals surface area contributed by atoms with Gasteiger partial charge in [0.1, 0.15) is 6.61 Å². The zero-order valence-electron chi connectivity index (χ0n) is 11.6. The van der Waals surface area contributed by atoms with Crippen LogP contribution < -0.4 is 10.5 Å². The van der Waals surface area contributed by atoms with Crippen LogP contribution in [0.15, 0.2) is 17.3 Å². The van der Waals surface area contributed by atoms with Crippen LogP contribution in [0.3, 0.4) is 0 Å². The van der Waals surface area contributed by atoms with Crippen LogP contribution in [0, 0.1) is 12.8 Å². The zero-order chi connectivity index (χ0) is 14.3. The van der Waals surface area contributed by atoms with E-state index in [1.54, 1.807) is 12.1 Å². The molecule has 106 valence electrons. The second-order valence-electron chi connectivity index (χ2n) is 4.64. The van der Waals surface area contributed by atoms with Crippen LogP contribution in [-0.4, -0.2) is 35.8 Å². The number of ether oxygens (including phenoxy) is 2. The Labute approximate surface area is 113 Å². The fraction of sp³-hybridized carbons (Fsp3) is 0.538. The van der Waals surface area contributed by atoms with Crippen molar-refractivity contribution in [2.24, 2.45) is 16.8 Å². The Kier molecular flexibility index (Phi) is 6.08. The van der Waals surface area contributed by atoms with E-state index in [-0.39, 0.29) is 5.84 Å². The number of nitrogens with two attached hydrogens (primary N) is 1. The third-order valence-electron chi connectivity index (χ3n) is 2.26. The van der Waals surface area contributed by atoms with Crippen molar-refractivity contribution in [2.75, 3.05) is 19.8 Å². The van der Waals surface area contributed by atoms with E-state index in [4.69, 9.17) is 20.4 Å². The normalized spacial score (nSPS) is 11.9. The smallest absolute Gasteiger partial charge is 0.214 e. The van der Waals surface area contributed by atoms with Crippen LogP contribution in [0.25, 0.3) is 0 Å². The first-order valence-electron chi connectivity index (χ1n) is 6.20. The summed E-state index contributed by atoms with van der Waals surface area (Å²) in [4.78, 5) is 4.21. The molecule has 0 aliphatic heterocycles. The summed E-state index contributed by atoms with van der Waals surface area (Å²) in [5.74, 6) is 0.977. The molecule has 0 amide bonds. The Morgan fingerprint density at radius 1 is 1.42 bits per heavy atom. The van der Waals surface area contributed by atoms with E-state index in [1.165, 1.54) is 0 Å². The van der Waals surface area contributed by atoms with E-state index >= 15 is 0 Å². The molecule has 1 heterocycles. The lowest BCUT2D eigenvalue weighted by Crippen LogP contribution is -2.15. The molecule has 0 saturated heterocycles. The number of hydrogen-bond acceptors (Lipinski definition) is 5. The number of pyridine rings is 1. The molecule has 0 aliphatic rings. The van der Waals surface area contributed by atoms with Crippen LogP contribution in [0.5, 0.6) is 5.88 Å². The van der Waals surface area contributed by atoms with Crippen molar-refractivity contribution in [1.29, 1.82) is 0 Å². The van der Waals surface area contributed by atoms with Crippen LogP contribution in [0.4, 0.5) is 0 Å². The van der Waals surface area contributed by atoms with Crippen molar-refractivity contribution in [3.05, 3.63) is 23.4 Å². The third-order valence-corrected chi connectivity index (χ3v) is 2.26. The largest absolute Gasteiger partial charge is 0.475 e. The highest BCUT2D eigenvalue weighted by Gasteiger charge is 2.05. The van der Waals surface area contributed by atoms with E-state index in [2.05, 4.69) is 24.0 Å². The highest BCUT2D eigenvalue weighted by Crippen LogP contribution is 2.12. The molecular formula is C13H21N3O3. The van der Waals surface area contributed by atoms with Crippen LogP contribution in [-0.2, 0) is 4.74 Å². The van der Waals surface area contributed by atoms with E-state index in [0.29, 0.717) is 37.2 Å². The summed E-state index contributed by atoms with van der Waals surface area (Å²) >= 11 is 0. The number of oxime groups is 1. The van der Waals surface area contributed by atoms with Crippen molar-refractivity contribution >= 4 is 5.84 Å². The van der Waals surface area contributed by atoms with Crippen molar-refractivity contribution < 1.29 is 14.7 Å². The lowest BCUT2D eigenvalue weighted by atomic mass is 10.2. The molecule has 3 N–H and O–H groups in total. The predicted octanol–water partition coefficient (Wildman–Crippen LogP) is 1.54. The van der Waals surface area contributed by atoms with Crippen molar-refractivity contribution in [3.8, 4) is 5.88 Å². The summed E-state index contributed by atoms with van der Waals surface area (Å²) in [6.45, 7) is 7.63. The molecule has 0 unspecified atom stereocenters. The van der Waals surface area contributed by atoms with Gasteiger partial charge in [-0.2, -0.15) is 0 Å². The average Bonchev–Trinajstić information content (AvgIpc) is 2.36. The highest BCUT2D eigenvalue weighted by atomic mass is 16.5. The van der Waals surface area contributed by atoms with Gasteiger partial charge >= 0.3 is 0 Å². The molecule has 1 aromatic rings. The molecule has 0 bridgehead atoms. The molecule has 6 heteroatoms. The predicted molar refractivity (Wildman–Crippen MR) is 72.6 cm³/mol. The van der Waals surface area contributed by atoms with E-state index in [0.717, 1.165) is 5.69 Å². The minimum atomic E-state index is 0.0337. The Hall–Kier alpha value is -1.82. The molecule has 6 nitrogen and oxygen atoms in total. The van der Waals surface area contributed by atoms with Crippen LogP contribution in [0.2, 0.25) is 0 Å². The Morgan fingerprint density at radius 2 is 2.16 bits per heavy atom. The number of hydrogen-bond donors (Lipinski definition) is 2. The van der Waals surface area contributed by atoms with Gasteiger partial charge in [-0.05, 0) is 18.9 Å². The van der Waals surface area contributed by atoms with Gasteiger partial charge in [0.2, 0.25) is 5.88 Å². The molecule has 1 rings (SSSR count). The maximum absolute atomic E-state index is 8.65. The fourth-order valence-corrected chi connectivity index (χ4v) is 1.44. The molecular weight excluding hydrogens is 246 g/mol. The van der Waals surface area contributed by atoms with E-state index in [9.17, 15) is 0 Å². The molecule has 19 heavy (non-hydrogen) atoms. The number of aromatic nitrogens is 1. The third kappa shape index (κ3) is 5.56. The Balaban J connectivity index is 2.52. The maximum Gasteiger partial charge on any atom is 0.214 e. The minimum absolute atomic E-state index is 0.0337. The van der Waals surface area contributed by atoms with Gasteiger partial charge in [-0.1, -0.05) is 19.0 Å². The minimum Gasteiger partial charge on any atom is -0.475 e. The average molecular weight is 267 g/mol. The molecule has 0 saturated carbocycles. The van der Waals surface area contributed by atoms with Gasteiger partial charge < -0.3 is 20.4 Å². The SMILES string of the molecule is Cc1cc(/C(N)=N/O)cc(OCCOCC(C)C)n1. The number of rotatable bonds is 7. The molecule has 0 aliphatic carbocycles. The van der Waals surface area contributed by atoms with Gasteiger partial charge in [0.05, 0.1) is 6.61 Å². The van der Waals surface area contributed by atoms with Crippen LogP contribution >= 0.6 is 0 Å². The van der Waals surface area contributed by atoms with Gasteiger partial charge in [-0.3, -0.25) is 0 Å². The van der Waals surface area contributed by atoms with E-state index < -0.39 is 0 Å². The second kappa shape index (κ2) is 7.58. The standard InChI is InChI=1S/C13H21N3O3/c1-9(2)8-18-4-5-19-12-7-11(13(14)16-17)6-10(3)15-12/h6-7,9,17H,4-5,8H2,1-3H3,(H2,14,16). The summed E-state index contributed by atoms with van der Waals surface area (Å²) in [6, 6.07) is 3.35. The summed E-state index contributed by atoms with van der Waals surface area (Å²) in [7, 11) is 0. The first kappa shape index (κ1) is 15.2. The molecule has 0 fully saturated rings. The topological polar surface area (TPSA) is 90.0 Å². The van der Waals surface area contributed by atoms with Gasteiger partial charge in [-0.25, -0.2) is 4.98 Å². The van der Waals surface area contributed by atoms with Gasteiger partial charge in [0.15, 0.2) is 5.84 Å². The molecule has 0 atom stereocenters. The van der Waals surface area contributed by atoms with Crippen LogP contribution in [0.1, 0.15) is 25.1 Å². The summed E-state index contributed by atoms with van der Waals surface area (Å²) in [5.41, 5.74) is 6.85. The second-order valence-corrected chi connectivity index (χ2v) is 4.64. The first-order valence-corrected chi connectivity index (χ1v) is 6.20. The Morgan fingerprint density at radius 3 is 2.79 bits per heavy atom. The van der Waals surface area contributed by atoms with E-state index in [1.807, 2.05) is 6.92 Å². The molecule has 1 aromatic heterocycles. The van der Waals surface area contributed by atoms with Gasteiger partial charge in [-0.15, -0.1) is 0 Å². The maximum atomic E-state index is 8.65. The summed E-state index contributed by atoms with van der Waals surface area (Å²) < 4.78 is 10.9. The van der Waals surface area contributed by atoms with Gasteiger partial charge in [0.25, 0.3) is 0 Å². The zero-order valence-corrected chi connectivity index (χ0v) is 11.6. The first-order chi connectivity index (χ1) is 9.02. The number of nitrogens with zero attached hydrogens (tertiary/aromatic N) is 2. The van der Waals surface area contributed by atoms with Crippen molar-refractivity contribution in [2.45, 2.75) is 20.8 Å². The monoisotopic (exact) mass is 267 g/mol.